The molecule has 2 aliphatic rings. The predicted octanol–water partition coefficient (Wildman–Crippen LogP) is 4.00. The molecule has 1 aromatic heterocycles. The quantitative estimate of drug-likeness (QED) is 0.762. The standard InChI is InChI=1S/C16H21NS/c1-2-7-16(10-13-5-6-14(16)9-13)12-17-11-15-4-3-8-18-15/h2-6,8,13-14,17H,1,7,9-12H2. The van der Waals surface area contributed by atoms with E-state index < -0.39 is 0 Å². The van der Waals surface area contributed by atoms with Gasteiger partial charge in [0.25, 0.3) is 0 Å². The molecular weight excluding hydrogens is 238 g/mol. The Morgan fingerprint density at radius 3 is 3.06 bits per heavy atom. The van der Waals surface area contributed by atoms with Gasteiger partial charge < -0.3 is 5.32 Å². The van der Waals surface area contributed by atoms with Crippen LogP contribution in [0.4, 0.5) is 0 Å². The number of thiophene rings is 1. The Labute approximate surface area is 114 Å². The highest BCUT2D eigenvalue weighted by Gasteiger charge is 2.46. The van der Waals surface area contributed by atoms with E-state index in [2.05, 4.69) is 47.6 Å². The van der Waals surface area contributed by atoms with E-state index in [-0.39, 0.29) is 0 Å². The summed E-state index contributed by atoms with van der Waals surface area (Å²) >= 11 is 1.84. The van der Waals surface area contributed by atoms with E-state index in [0.717, 1.165) is 31.3 Å². The fraction of sp³-hybridized carbons (Fsp3) is 0.500. The Kier molecular flexibility index (Phi) is 3.40. The lowest BCUT2D eigenvalue weighted by Crippen LogP contribution is -2.37. The summed E-state index contributed by atoms with van der Waals surface area (Å²) in [5, 5.41) is 5.82. The van der Waals surface area contributed by atoms with Crippen molar-refractivity contribution in [1.29, 1.82) is 0 Å². The van der Waals surface area contributed by atoms with Gasteiger partial charge in [-0.05, 0) is 48.0 Å². The summed E-state index contributed by atoms with van der Waals surface area (Å²) in [5.74, 6) is 1.61. The van der Waals surface area contributed by atoms with Crippen LogP contribution in [-0.2, 0) is 6.54 Å². The second-order valence-corrected chi connectivity index (χ2v) is 6.76. The van der Waals surface area contributed by atoms with Crippen molar-refractivity contribution < 1.29 is 0 Å². The molecule has 1 heterocycles. The highest BCUT2D eigenvalue weighted by Crippen LogP contribution is 2.53. The molecule has 0 amide bonds. The van der Waals surface area contributed by atoms with Crippen LogP contribution < -0.4 is 5.32 Å². The van der Waals surface area contributed by atoms with Crippen LogP contribution in [0.1, 0.15) is 24.1 Å². The van der Waals surface area contributed by atoms with Crippen molar-refractivity contribution in [2.24, 2.45) is 17.3 Å². The molecule has 18 heavy (non-hydrogen) atoms. The van der Waals surface area contributed by atoms with Gasteiger partial charge in [-0.25, -0.2) is 0 Å². The molecule has 0 radical (unpaired) electrons. The van der Waals surface area contributed by atoms with Crippen molar-refractivity contribution in [3.63, 3.8) is 0 Å². The number of hydrogen-bond donors (Lipinski definition) is 1. The van der Waals surface area contributed by atoms with Gasteiger partial charge in [0.1, 0.15) is 0 Å². The van der Waals surface area contributed by atoms with Gasteiger partial charge in [0.15, 0.2) is 0 Å². The van der Waals surface area contributed by atoms with E-state index in [4.69, 9.17) is 0 Å². The molecule has 3 unspecified atom stereocenters. The molecule has 1 nitrogen and oxygen atoms in total. The van der Waals surface area contributed by atoms with Crippen LogP contribution in [0, 0.1) is 17.3 Å². The summed E-state index contributed by atoms with van der Waals surface area (Å²) in [5.41, 5.74) is 0.443. The van der Waals surface area contributed by atoms with Gasteiger partial charge in [0.2, 0.25) is 0 Å². The van der Waals surface area contributed by atoms with E-state index in [1.807, 2.05) is 11.3 Å². The largest absolute Gasteiger partial charge is 0.311 e. The molecule has 96 valence electrons. The van der Waals surface area contributed by atoms with E-state index in [1.54, 1.807) is 0 Å². The molecule has 0 aliphatic heterocycles. The van der Waals surface area contributed by atoms with Gasteiger partial charge in [-0.3, -0.25) is 0 Å². The molecule has 1 saturated carbocycles. The van der Waals surface area contributed by atoms with Crippen molar-refractivity contribution >= 4 is 11.3 Å². The first-order chi connectivity index (χ1) is 8.82. The molecule has 1 fully saturated rings. The first-order valence-electron chi connectivity index (χ1n) is 6.85. The van der Waals surface area contributed by atoms with Gasteiger partial charge in [0, 0.05) is 18.0 Å². The average molecular weight is 259 g/mol. The average Bonchev–Trinajstić information content (AvgIpc) is 3.05. The lowest BCUT2D eigenvalue weighted by molar-refractivity contribution is 0.221. The first-order valence-corrected chi connectivity index (χ1v) is 7.73. The number of nitrogens with one attached hydrogen (secondary N) is 1. The summed E-state index contributed by atoms with van der Waals surface area (Å²) < 4.78 is 0. The summed E-state index contributed by atoms with van der Waals surface area (Å²) in [6, 6.07) is 4.33. The zero-order valence-electron chi connectivity index (χ0n) is 10.8. The van der Waals surface area contributed by atoms with Crippen LogP contribution in [0.2, 0.25) is 0 Å². The topological polar surface area (TPSA) is 12.0 Å². The number of rotatable bonds is 6. The minimum absolute atomic E-state index is 0.443. The number of allylic oxidation sites excluding steroid dienone is 3. The highest BCUT2D eigenvalue weighted by molar-refractivity contribution is 7.09. The van der Waals surface area contributed by atoms with Gasteiger partial charge in [0.05, 0.1) is 0 Å². The minimum atomic E-state index is 0.443. The van der Waals surface area contributed by atoms with Crippen molar-refractivity contribution in [2.45, 2.75) is 25.8 Å². The van der Waals surface area contributed by atoms with Crippen LogP contribution in [0.15, 0.2) is 42.3 Å². The lowest BCUT2D eigenvalue weighted by Gasteiger charge is -2.35. The first kappa shape index (κ1) is 12.2. The molecule has 1 N–H and O–H groups in total. The number of hydrogen-bond acceptors (Lipinski definition) is 2. The lowest BCUT2D eigenvalue weighted by atomic mass is 9.73. The third-order valence-electron chi connectivity index (χ3n) is 4.53. The van der Waals surface area contributed by atoms with Crippen molar-refractivity contribution in [3.05, 3.63) is 47.2 Å². The molecule has 3 atom stereocenters. The molecule has 2 bridgehead atoms. The maximum atomic E-state index is 3.96. The molecule has 0 saturated heterocycles. The SMILES string of the molecule is C=CCC1(CNCc2cccs2)CC2C=CC1C2. The third kappa shape index (κ3) is 2.19. The van der Waals surface area contributed by atoms with Gasteiger partial charge in [-0.15, -0.1) is 17.9 Å². The molecule has 0 aromatic carbocycles. The van der Waals surface area contributed by atoms with E-state index >= 15 is 0 Å². The molecule has 2 aliphatic carbocycles. The third-order valence-corrected chi connectivity index (χ3v) is 5.41. The van der Waals surface area contributed by atoms with Gasteiger partial charge in [-0.2, -0.15) is 0 Å². The second kappa shape index (κ2) is 5.02. The Morgan fingerprint density at radius 2 is 2.44 bits per heavy atom. The molecule has 3 rings (SSSR count). The second-order valence-electron chi connectivity index (χ2n) is 5.73. The Morgan fingerprint density at radius 1 is 1.50 bits per heavy atom. The fourth-order valence-corrected chi connectivity index (χ4v) is 4.37. The maximum Gasteiger partial charge on any atom is 0.0299 e. The van der Waals surface area contributed by atoms with Crippen LogP contribution in [-0.4, -0.2) is 6.54 Å². The van der Waals surface area contributed by atoms with Gasteiger partial charge in [-0.1, -0.05) is 24.3 Å². The van der Waals surface area contributed by atoms with E-state index in [0.29, 0.717) is 5.41 Å². The van der Waals surface area contributed by atoms with Crippen molar-refractivity contribution in [1.82, 2.24) is 5.32 Å². The molecular formula is C16H21NS. The maximum absolute atomic E-state index is 3.96. The Hall–Kier alpha value is -0.860. The van der Waals surface area contributed by atoms with E-state index in [9.17, 15) is 0 Å². The van der Waals surface area contributed by atoms with Crippen LogP contribution in [0.25, 0.3) is 0 Å². The van der Waals surface area contributed by atoms with Crippen molar-refractivity contribution in [2.75, 3.05) is 6.54 Å². The number of fused-ring (bicyclic) bond motifs is 2. The fourth-order valence-electron chi connectivity index (χ4n) is 3.70. The van der Waals surface area contributed by atoms with Crippen molar-refractivity contribution in [3.8, 4) is 0 Å². The van der Waals surface area contributed by atoms with Gasteiger partial charge >= 0.3 is 0 Å². The summed E-state index contributed by atoms with van der Waals surface area (Å²) in [7, 11) is 0. The van der Waals surface area contributed by atoms with Crippen LogP contribution in [0.5, 0.6) is 0 Å². The van der Waals surface area contributed by atoms with Crippen LogP contribution in [0.3, 0.4) is 0 Å². The smallest absolute Gasteiger partial charge is 0.0299 e. The normalized spacial score (nSPS) is 33.1. The minimum Gasteiger partial charge on any atom is -0.311 e. The Bertz CT molecular complexity index is 434. The monoisotopic (exact) mass is 259 g/mol. The zero-order valence-corrected chi connectivity index (χ0v) is 11.6. The Balaban J connectivity index is 1.61. The zero-order chi connectivity index (χ0) is 12.4. The summed E-state index contributed by atoms with van der Waals surface area (Å²) in [6.07, 6.45) is 10.8. The highest BCUT2D eigenvalue weighted by atomic mass is 32.1. The van der Waals surface area contributed by atoms with E-state index in [1.165, 1.54) is 17.7 Å². The summed E-state index contributed by atoms with van der Waals surface area (Å²) in [4.78, 5) is 1.43. The van der Waals surface area contributed by atoms with Crippen LogP contribution >= 0.6 is 11.3 Å². The summed E-state index contributed by atoms with van der Waals surface area (Å²) in [6.45, 7) is 6.10. The molecule has 0 spiro atoms. The molecule has 1 aromatic rings. The molecule has 2 heteroatoms. The predicted molar refractivity (Wildman–Crippen MR) is 78.6 cm³/mol.